The smallest absolute Gasteiger partial charge is 0.252 e. The van der Waals surface area contributed by atoms with Crippen molar-refractivity contribution in [2.24, 2.45) is 0 Å². The lowest BCUT2D eigenvalue weighted by Crippen LogP contribution is -2.27. The number of aromatic amines is 1. The zero-order valence-electron chi connectivity index (χ0n) is 13.8. The van der Waals surface area contributed by atoms with Crippen molar-refractivity contribution in [1.29, 1.82) is 0 Å². The molecule has 0 fully saturated rings. The van der Waals surface area contributed by atoms with E-state index in [-0.39, 0.29) is 17.7 Å². The summed E-state index contributed by atoms with van der Waals surface area (Å²) in [4.78, 5) is 16.7. The maximum Gasteiger partial charge on any atom is 0.252 e. The van der Waals surface area contributed by atoms with Crippen LogP contribution in [0.3, 0.4) is 0 Å². The van der Waals surface area contributed by atoms with Gasteiger partial charge in [0, 0.05) is 5.56 Å². The van der Waals surface area contributed by atoms with Gasteiger partial charge in [0.15, 0.2) is 17.4 Å². The third-order valence-corrected chi connectivity index (χ3v) is 3.87. The molecule has 0 saturated carbocycles. The highest BCUT2D eigenvalue weighted by atomic mass is 19.1. The average Bonchev–Trinajstić information content (AvgIpc) is 3.16. The van der Waals surface area contributed by atoms with E-state index in [0.717, 1.165) is 0 Å². The van der Waals surface area contributed by atoms with Crippen molar-refractivity contribution < 1.29 is 13.9 Å². The summed E-state index contributed by atoms with van der Waals surface area (Å²) in [6.45, 7) is 1.79. The van der Waals surface area contributed by atoms with Gasteiger partial charge in [0.1, 0.15) is 6.33 Å². The van der Waals surface area contributed by atoms with Crippen LogP contribution in [0.15, 0.2) is 48.8 Å². The number of halogens is 1. The van der Waals surface area contributed by atoms with E-state index in [4.69, 9.17) is 4.74 Å². The number of benzene rings is 2. The Labute approximate surface area is 144 Å². The molecule has 1 heterocycles. The standard InChI is InChI=1S/C18H17FN4O2/c1-11(12-7-8-16(25-2)15(19)9-12)22-18(24)14-6-4-3-5-13(14)17-20-10-21-23-17/h3-11H,1-2H3,(H,22,24)(H,20,21,23). The van der Waals surface area contributed by atoms with Crippen molar-refractivity contribution in [2.45, 2.75) is 13.0 Å². The highest BCUT2D eigenvalue weighted by Crippen LogP contribution is 2.23. The fraction of sp³-hybridized carbons (Fsp3) is 0.167. The maximum atomic E-state index is 13.9. The molecule has 0 aliphatic carbocycles. The fourth-order valence-corrected chi connectivity index (χ4v) is 2.53. The number of nitrogens with zero attached hydrogens (tertiary/aromatic N) is 2. The molecule has 128 valence electrons. The molecule has 3 aromatic rings. The number of rotatable bonds is 5. The SMILES string of the molecule is COc1ccc(C(C)NC(=O)c2ccccc2-c2ncn[nH]2)cc1F. The molecule has 1 amide bonds. The van der Waals surface area contributed by atoms with E-state index >= 15 is 0 Å². The number of hydrogen-bond donors (Lipinski definition) is 2. The van der Waals surface area contributed by atoms with E-state index in [2.05, 4.69) is 20.5 Å². The van der Waals surface area contributed by atoms with Crippen molar-refractivity contribution in [3.05, 3.63) is 65.7 Å². The Hall–Kier alpha value is -3.22. The summed E-state index contributed by atoms with van der Waals surface area (Å²) >= 11 is 0. The molecule has 0 spiro atoms. The first kappa shape index (κ1) is 16.6. The van der Waals surface area contributed by atoms with Gasteiger partial charge in [-0.2, -0.15) is 5.10 Å². The van der Waals surface area contributed by atoms with E-state index < -0.39 is 5.82 Å². The molecule has 1 atom stereocenters. The summed E-state index contributed by atoms with van der Waals surface area (Å²) in [5.41, 5.74) is 1.74. The molecule has 1 unspecified atom stereocenters. The lowest BCUT2D eigenvalue weighted by molar-refractivity contribution is 0.0940. The van der Waals surface area contributed by atoms with E-state index in [0.29, 0.717) is 22.5 Å². The highest BCUT2D eigenvalue weighted by Gasteiger charge is 2.17. The summed E-state index contributed by atoms with van der Waals surface area (Å²) in [7, 11) is 1.41. The predicted molar refractivity (Wildman–Crippen MR) is 90.7 cm³/mol. The number of nitrogens with one attached hydrogen (secondary N) is 2. The van der Waals surface area contributed by atoms with Crippen LogP contribution < -0.4 is 10.1 Å². The van der Waals surface area contributed by atoms with Crippen LogP contribution >= 0.6 is 0 Å². The van der Waals surface area contributed by atoms with Crippen LogP contribution in [-0.4, -0.2) is 28.2 Å². The largest absolute Gasteiger partial charge is 0.494 e. The zero-order chi connectivity index (χ0) is 17.8. The molecule has 7 heteroatoms. The minimum absolute atomic E-state index is 0.165. The Balaban J connectivity index is 1.82. The number of H-pyrrole nitrogens is 1. The van der Waals surface area contributed by atoms with Gasteiger partial charge in [-0.05, 0) is 30.7 Å². The first-order valence-electron chi connectivity index (χ1n) is 7.69. The van der Waals surface area contributed by atoms with Gasteiger partial charge in [0.2, 0.25) is 0 Å². The Morgan fingerprint density at radius 3 is 2.76 bits per heavy atom. The molecule has 2 aromatic carbocycles. The van der Waals surface area contributed by atoms with Gasteiger partial charge in [-0.1, -0.05) is 24.3 Å². The topological polar surface area (TPSA) is 79.9 Å². The molecular weight excluding hydrogens is 323 g/mol. The van der Waals surface area contributed by atoms with Crippen molar-refractivity contribution in [3.8, 4) is 17.1 Å². The second-order valence-corrected chi connectivity index (χ2v) is 5.47. The molecule has 3 rings (SSSR count). The predicted octanol–water partition coefficient (Wildman–Crippen LogP) is 3.11. The van der Waals surface area contributed by atoms with E-state index in [1.165, 1.54) is 25.6 Å². The van der Waals surface area contributed by atoms with Crippen LogP contribution in [-0.2, 0) is 0 Å². The first-order chi connectivity index (χ1) is 12.1. The lowest BCUT2D eigenvalue weighted by atomic mass is 10.0. The zero-order valence-corrected chi connectivity index (χ0v) is 13.8. The Kier molecular flexibility index (Phi) is 4.74. The number of aromatic nitrogens is 3. The molecule has 0 aliphatic heterocycles. The monoisotopic (exact) mass is 340 g/mol. The van der Waals surface area contributed by atoms with Crippen LogP contribution in [0.2, 0.25) is 0 Å². The first-order valence-corrected chi connectivity index (χ1v) is 7.69. The molecule has 0 aliphatic rings. The van der Waals surface area contributed by atoms with Crippen LogP contribution in [0.4, 0.5) is 4.39 Å². The van der Waals surface area contributed by atoms with Gasteiger partial charge in [-0.15, -0.1) is 0 Å². The second-order valence-electron chi connectivity index (χ2n) is 5.47. The Bertz CT molecular complexity index is 881. The van der Waals surface area contributed by atoms with Gasteiger partial charge < -0.3 is 10.1 Å². The summed E-state index contributed by atoms with van der Waals surface area (Å²) in [5, 5.41) is 9.43. The van der Waals surface area contributed by atoms with Crippen molar-refractivity contribution in [1.82, 2.24) is 20.5 Å². The molecule has 1 aromatic heterocycles. The average molecular weight is 340 g/mol. The van der Waals surface area contributed by atoms with Gasteiger partial charge in [0.05, 0.1) is 18.7 Å². The minimum Gasteiger partial charge on any atom is -0.494 e. The third kappa shape index (κ3) is 3.50. The quantitative estimate of drug-likeness (QED) is 0.748. The van der Waals surface area contributed by atoms with Crippen molar-refractivity contribution in [2.75, 3.05) is 7.11 Å². The van der Waals surface area contributed by atoms with Crippen molar-refractivity contribution in [3.63, 3.8) is 0 Å². The normalized spacial score (nSPS) is 11.8. The fourth-order valence-electron chi connectivity index (χ4n) is 2.53. The number of amides is 1. The molecule has 0 radical (unpaired) electrons. The molecule has 25 heavy (non-hydrogen) atoms. The van der Waals surface area contributed by atoms with Crippen LogP contribution in [0.5, 0.6) is 5.75 Å². The van der Waals surface area contributed by atoms with Gasteiger partial charge in [0.25, 0.3) is 5.91 Å². The Morgan fingerprint density at radius 1 is 1.28 bits per heavy atom. The summed E-state index contributed by atoms with van der Waals surface area (Å²) in [6, 6.07) is 11.3. The van der Waals surface area contributed by atoms with Crippen LogP contribution in [0.25, 0.3) is 11.4 Å². The Morgan fingerprint density at radius 2 is 2.08 bits per heavy atom. The number of carbonyl (C=O) groups is 1. The summed E-state index contributed by atoms with van der Waals surface area (Å²) in [6.07, 6.45) is 1.38. The summed E-state index contributed by atoms with van der Waals surface area (Å²) in [5.74, 6) is -0.0780. The van der Waals surface area contributed by atoms with Gasteiger partial charge in [-0.3, -0.25) is 9.89 Å². The minimum atomic E-state index is -0.469. The van der Waals surface area contributed by atoms with Gasteiger partial charge >= 0.3 is 0 Å². The number of ether oxygens (including phenoxy) is 1. The molecule has 0 bridgehead atoms. The molecule has 0 saturated heterocycles. The van der Waals surface area contributed by atoms with E-state index in [9.17, 15) is 9.18 Å². The van der Waals surface area contributed by atoms with E-state index in [1.807, 2.05) is 6.07 Å². The third-order valence-electron chi connectivity index (χ3n) is 3.87. The second kappa shape index (κ2) is 7.12. The van der Waals surface area contributed by atoms with E-state index in [1.54, 1.807) is 31.2 Å². The van der Waals surface area contributed by atoms with Gasteiger partial charge in [-0.25, -0.2) is 9.37 Å². The molecule has 6 nitrogen and oxygen atoms in total. The van der Waals surface area contributed by atoms with Crippen molar-refractivity contribution >= 4 is 5.91 Å². The summed E-state index contributed by atoms with van der Waals surface area (Å²) < 4.78 is 18.8. The highest BCUT2D eigenvalue weighted by molar-refractivity contribution is 6.00. The molecule has 2 N–H and O–H groups in total. The number of methoxy groups -OCH3 is 1. The number of carbonyl (C=O) groups excluding carboxylic acids is 1. The molecular formula is C18H17FN4O2. The van der Waals surface area contributed by atoms with Crippen LogP contribution in [0, 0.1) is 5.82 Å². The maximum absolute atomic E-state index is 13.9. The van der Waals surface area contributed by atoms with Crippen LogP contribution in [0.1, 0.15) is 28.9 Å². The lowest BCUT2D eigenvalue weighted by Gasteiger charge is -2.16. The number of hydrogen-bond acceptors (Lipinski definition) is 4.